The lowest BCUT2D eigenvalue weighted by Gasteiger charge is -2.24. The molecule has 1 rings (SSSR count). The third-order valence-corrected chi connectivity index (χ3v) is 4.24. The maximum absolute atomic E-state index is 12.5. The number of hydrogen-bond donors (Lipinski definition) is 2. The van der Waals surface area contributed by atoms with Crippen molar-refractivity contribution in [3.05, 3.63) is 35.9 Å². The molecule has 0 aliphatic carbocycles. The molecule has 2 N–H and O–H groups in total. The summed E-state index contributed by atoms with van der Waals surface area (Å²) in [5, 5.41) is 5.15. The minimum Gasteiger partial charge on any atom is -0.467 e. The van der Waals surface area contributed by atoms with Gasteiger partial charge < -0.3 is 34.3 Å². The van der Waals surface area contributed by atoms with Crippen LogP contribution < -0.4 is 10.6 Å². The van der Waals surface area contributed by atoms with Crippen LogP contribution in [0.1, 0.15) is 39.2 Å². The quantitative estimate of drug-likeness (QED) is 0.211. The monoisotopic (exact) mass is 496 g/mol. The van der Waals surface area contributed by atoms with E-state index in [1.54, 1.807) is 20.8 Å². The first-order valence-corrected chi connectivity index (χ1v) is 11.3. The highest BCUT2D eigenvalue weighted by atomic mass is 16.6. The third kappa shape index (κ3) is 15.4. The van der Waals surface area contributed by atoms with Crippen molar-refractivity contribution in [1.82, 2.24) is 10.6 Å². The predicted octanol–water partition coefficient (Wildman–Crippen LogP) is 1.73. The van der Waals surface area contributed by atoms with Crippen molar-refractivity contribution < 1.29 is 42.9 Å². The molecule has 11 nitrogen and oxygen atoms in total. The summed E-state index contributed by atoms with van der Waals surface area (Å²) < 4.78 is 25.3. The fraction of sp³-hybridized carbons (Fsp3) is 0.583. The van der Waals surface area contributed by atoms with Crippen molar-refractivity contribution in [3.63, 3.8) is 0 Å². The number of hydrogen-bond acceptors (Lipinski definition) is 9. The van der Waals surface area contributed by atoms with Crippen LogP contribution in [0, 0.1) is 0 Å². The molecule has 0 spiro atoms. The molecule has 0 heterocycles. The second kappa shape index (κ2) is 16.4. The lowest BCUT2D eigenvalue weighted by atomic mass is 10.1. The summed E-state index contributed by atoms with van der Waals surface area (Å²) >= 11 is 0. The molecule has 1 aromatic rings. The average molecular weight is 497 g/mol. The molecule has 1 unspecified atom stereocenters. The van der Waals surface area contributed by atoms with Gasteiger partial charge in [-0.2, -0.15) is 0 Å². The number of rotatable bonds is 15. The van der Waals surface area contributed by atoms with Crippen molar-refractivity contribution in [3.8, 4) is 0 Å². The van der Waals surface area contributed by atoms with E-state index in [0.29, 0.717) is 0 Å². The van der Waals surface area contributed by atoms with Gasteiger partial charge in [0.15, 0.2) is 0 Å². The van der Waals surface area contributed by atoms with Crippen molar-refractivity contribution in [2.24, 2.45) is 0 Å². The Morgan fingerprint density at radius 1 is 0.971 bits per heavy atom. The number of alkyl carbamates (subject to hydrolysis) is 1. The van der Waals surface area contributed by atoms with Crippen LogP contribution in [0.25, 0.3) is 0 Å². The molecule has 1 atom stereocenters. The number of ether oxygens (including phenoxy) is 5. The van der Waals surface area contributed by atoms with E-state index in [1.165, 1.54) is 7.11 Å². The van der Waals surface area contributed by atoms with E-state index in [4.69, 9.17) is 18.9 Å². The molecule has 0 aromatic heterocycles. The van der Waals surface area contributed by atoms with E-state index in [9.17, 15) is 19.2 Å². The van der Waals surface area contributed by atoms with Crippen molar-refractivity contribution in [1.29, 1.82) is 0 Å². The highest BCUT2D eigenvalue weighted by Crippen LogP contribution is 2.11. The molecule has 0 fully saturated rings. The summed E-state index contributed by atoms with van der Waals surface area (Å²) in [5.41, 5.74) is 0.0404. The minimum atomic E-state index is -1.05. The van der Waals surface area contributed by atoms with Gasteiger partial charge >= 0.3 is 18.0 Å². The zero-order valence-electron chi connectivity index (χ0n) is 20.8. The molecule has 2 amide bonds. The smallest absolute Gasteiger partial charge is 0.408 e. The Bertz CT molecular complexity index is 794. The Balaban J connectivity index is 2.38. The van der Waals surface area contributed by atoms with E-state index in [1.807, 2.05) is 30.3 Å². The van der Waals surface area contributed by atoms with E-state index < -0.39 is 29.7 Å². The van der Waals surface area contributed by atoms with Gasteiger partial charge in [-0.1, -0.05) is 30.3 Å². The second-order valence-electron chi connectivity index (χ2n) is 8.42. The molecule has 0 saturated heterocycles. The highest BCUT2D eigenvalue weighted by Gasteiger charge is 2.27. The van der Waals surface area contributed by atoms with Gasteiger partial charge in [-0.15, -0.1) is 0 Å². The van der Waals surface area contributed by atoms with Gasteiger partial charge in [0.25, 0.3) is 0 Å². The largest absolute Gasteiger partial charge is 0.467 e. The molecule has 0 aliphatic rings. The summed E-state index contributed by atoms with van der Waals surface area (Å²) in [6, 6.07) is 8.06. The summed E-state index contributed by atoms with van der Waals surface area (Å²) in [6.07, 6.45) is -0.776. The zero-order valence-corrected chi connectivity index (χ0v) is 20.8. The Morgan fingerprint density at radius 3 is 2.31 bits per heavy atom. The first-order valence-electron chi connectivity index (χ1n) is 11.3. The van der Waals surface area contributed by atoms with Gasteiger partial charge in [-0.05, 0) is 32.8 Å². The molecule has 196 valence electrons. The van der Waals surface area contributed by atoms with Gasteiger partial charge in [-0.25, -0.2) is 14.4 Å². The van der Waals surface area contributed by atoms with Crippen LogP contribution in [-0.2, 0) is 44.7 Å². The maximum atomic E-state index is 12.5. The highest BCUT2D eigenvalue weighted by molar-refractivity contribution is 5.83. The number of amides is 2. The second-order valence-corrected chi connectivity index (χ2v) is 8.42. The normalized spacial score (nSPS) is 11.8. The zero-order chi connectivity index (χ0) is 26.1. The first kappa shape index (κ1) is 29.9. The van der Waals surface area contributed by atoms with Crippen LogP contribution >= 0.6 is 0 Å². The molecular formula is C24H36N2O9. The van der Waals surface area contributed by atoms with Gasteiger partial charge in [0, 0.05) is 13.0 Å². The van der Waals surface area contributed by atoms with Crippen LogP contribution in [0.3, 0.4) is 0 Å². The van der Waals surface area contributed by atoms with Gasteiger partial charge in [-0.3, -0.25) is 4.79 Å². The summed E-state index contributed by atoms with van der Waals surface area (Å²) in [6.45, 7) is 5.99. The van der Waals surface area contributed by atoms with Crippen molar-refractivity contribution in [2.45, 2.75) is 51.9 Å². The number of methoxy groups -OCH3 is 1. The van der Waals surface area contributed by atoms with Gasteiger partial charge in [0.1, 0.15) is 24.9 Å². The summed E-state index contributed by atoms with van der Waals surface area (Å²) in [5.74, 6) is -1.44. The van der Waals surface area contributed by atoms with Crippen LogP contribution in [-0.4, -0.2) is 75.7 Å². The van der Waals surface area contributed by atoms with Crippen molar-refractivity contribution in [2.75, 3.05) is 40.1 Å². The van der Waals surface area contributed by atoms with Gasteiger partial charge in [0.05, 0.1) is 26.9 Å². The van der Waals surface area contributed by atoms with Crippen LogP contribution in [0.2, 0.25) is 0 Å². The molecule has 0 aliphatic heterocycles. The van der Waals surface area contributed by atoms with E-state index >= 15 is 0 Å². The Morgan fingerprint density at radius 2 is 1.66 bits per heavy atom. The fourth-order valence-electron chi connectivity index (χ4n) is 2.59. The molecule has 1 aromatic carbocycles. The SMILES string of the molecule is COC(=O)COCCOCCNC(=O)CCC(NC(=O)OCc1ccccc1)C(=O)OC(C)(C)C. The van der Waals surface area contributed by atoms with Crippen LogP contribution in [0.15, 0.2) is 30.3 Å². The van der Waals surface area contributed by atoms with E-state index in [-0.39, 0.29) is 58.3 Å². The minimum absolute atomic E-state index is 0.0227. The predicted molar refractivity (Wildman–Crippen MR) is 125 cm³/mol. The average Bonchev–Trinajstić information content (AvgIpc) is 2.81. The van der Waals surface area contributed by atoms with E-state index in [0.717, 1.165) is 5.56 Å². The number of esters is 2. The first-order chi connectivity index (χ1) is 16.6. The third-order valence-electron chi connectivity index (χ3n) is 4.24. The lowest BCUT2D eigenvalue weighted by molar-refractivity contribution is -0.157. The maximum Gasteiger partial charge on any atom is 0.408 e. The Hall–Kier alpha value is -3.18. The molecule has 11 heteroatoms. The molecule has 0 bridgehead atoms. The Kier molecular flexibility index (Phi) is 14.0. The Labute approximate surface area is 205 Å². The van der Waals surface area contributed by atoms with Gasteiger partial charge in [0.2, 0.25) is 5.91 Å². The van der Waals surface area contributed by atoms with Crippen LogP contribution in [0.5, 0.6) is 0 Å². The molecule has 0 radical (unpaired) electrons. The number of benzene rings is 1. The number of nitrogens with one attached hydrogen (secondary N) is 2. The van der Waals surface area contributed by atoms with Crippen molar-refractivity contribution >= 4 is 23.9 Å². The molecule has 35 heavy (non-hydrogen) atoms. The lowest BCUT2D eigenvalue weighted by Crippen LogP contribution is -2.45. The molecule has 0 saturated carbocycles. The summed E-state index contributed by atoms with van der Waals surface area (Å²) in [4.78, 5) is 47.8. The number of carbonyl (C=O) groups is 4. The number of carbonyl (C=O) groups excluding carboxylic acids is 4. The van der Waals surface area contributed by atoms with Crippen LogP contribution in [0.4, 0.5) is 4.79 Å². The standard InChI is InChI=1S/C24H36N2O9/c1-24(2,3)35-22(29)19(26-23(30)34-16-18-8-6-5-7-9-18)10-11-20(27)25-12-13-32-14-15-33-17-21(28)31-4/h5-9,19H,10-17H2,1-4H3,(H,25,27)(H,26,30). The topological polar surface area (TPSA) is 138 Å². The van der Waals surface area contributed by atoms with E-state index in [2.05, 4.69) is 15.4 Å². The summed E-state index contributed by atoms with van der Waals surface area (Å²) in [7, 11) is 1.27. The fourth-order valence-corrected chi connectivity index (χ4v) is 2.59. The molecular weight excluding hydrogens is 460 g/mol.